The van der Waals surface area contributed by atoms with Crippen molar-refractivity contribution >= 4 is 0 Å². The molecule has 100 valence electrons. The van der Waals surface area contributed by atoms with Gasteiger partial charge >= 0.3 is 0 Å². The molecule has 0 saturated heterocycles. The van der Waals surface area contributed by atoms with Gasteiger partial charge in [-0.2, -0.15) is 5.10 Å². The highest BCUT2D eigenvalue weighted by Crippen LogP contribution is 2.34. The van der Waals surface area contributed by atoms with Gasteiger partial charge in [0.2, 0.25) is 0 Å². The fourth-order valence-electron chi connectivity index (χ4n) is 2.94. The maximum atomic E-state index is 4.75. The van der Waals surface area contributed by atoms with Crippen LogP contribution in [0.2, 0.25) is 0 Å². The number of nitrogens with one attached hydrogen (secondary N) is 1. The number of hydrogen-bond acceptors (Lipinski definition) is 3. The zero-order valence-corrected chi connectivity index (χ0v) is 11.0. The van der Waals surface area contributed by atoms with Crippen molar-refractivity contribution in [1.82, 2.24) is 24.6 Å². The van der Waals surface area contributed by atoms with Crippen LogP contribution in [-0.4, -0.2) is 25.9 Å². The third-order valence-electron chi connectivity index (χ3n) is 4.26. The number of nitrogens with zero attached hydrogens (tertiary/aromatic N) is 4. The van der Waals surface area contributed by atoms with Crippen LogP contribution >= 0.6 is 0 Å². The lowest BCUT2D eigenvalue weighted by molar-refractivity contribution is 0.316. The molecule has 2 aliphatic rings. The monoisotopic (exact) mass is 257 g/mol. The first-order valence-electron chi connectivity index (χ1n) is 7.22. The van der Waals surface area contributed by atoms with Gasteiger partial charge in [0.1, 0.15) is 5.69 Å². The fraction of sp³-hybridized carbons (Fsp3) is 0.571. The van der Waals surface area contributed by atoms with Crippen LogP contribution in [0, 0.1) is 0 Å². The average molecular weight is 257 g/mol. The van der Waals surface area contributed by atoms with Gasteiger partial charge in [0, 0.05) is 31.5 Å². The predicted octanol–water partition coefficient (Wildman–Crippen LogP) is 1.96. The highest BCUT2D eigenvalue weighted by molar-refractivity contribution is 5.50. The molecular formula is C14H19N5. The molecule has 5 nitrogen and oxygen atoms in total. The van der Waals surface area contributed by atoms with Gasteiger partial charge in [-0.25, -0.2) is 4.98 Å². The highest BCUT2D eigenvalue weighted by Gasteiger charge is 2.23. The van der Waals surface area contributed by atoms with E-state index in [0.29, 0.717) is 6.04 Å². The summed E-state index contributed by atoms with van der Waals surface area (Å²) in [5.74, 6) is 1.03. The number of aromatic nitrogens is 4. The summed E-state index contributed by atoms with van der Waals surface area (Å²) in [7, 11) is 0. The molecule has 0 amide bonds. The van der Waals surface area contributed by atoms with E-state index in [4.69, 9.17) is 5.10 Å². The molecule has 1 N–H and O–H groups in total. The standard InChI is InChI=1S/C14H19N5/c1-3-11(4-1)18-8-6-16-14(18)13-9-12-10-15-5-2-7-19(12)17-13/h6,8-9,11,15H,1-5,7,10H2. The smallest absolute Gasteiger partial charge is 0.160 e. The summed E-state index contributed by atoms with van der Waals surface area (Å²) >= 11 is 0. The van der Waals surface area contributed by atoms with Crippen molar-refractivity contribution in [3.8, 4) is 11.5 Å². The van der Waals surface area contributed by atoms with Crippen LogP contribution in [0.4, 0.5) is 0 Å². The zero-order chi connectivity index (χ0) is 12.7. The number of rotatable bonds is 2. The lowest BCUT2D eigenvalue weighted by Gasteiger charge is -2.27. The third kappa shape index (κ3) is 1.89. The Hall–Kier alpha value is -1.62. The van der Waals surface area contributed by atoms with Gasteiger partial charge < -0.3 is 9.88 Å². The van der Waals surface area contributed by atoms with Crippen LogP contribution in [0.3, 0.4) is 0 Å². The van der Waals surface area contributed by atoms with E-state index >= 15 is 0 Å². The Morgan fingerprint density at radius 2 is 2.21 bits per heavy atom. The Morgan fingerprint density at radius 1 is 1.26 bits per heavy atom. The van der Waals surface area contributed by atoms with E-state index in [2.05, 4.69) is 31.8 Å². The minimum atomic E-state index is 0.636. The van der Waals surface area contributed by atoms with Crippen LogP contribution in [0.15, 0.2) is 18.5 Å². The Labute approximate surface area is 112 Å². The predicted molar refractivity (Wildman–Crippen MR) is 72.7 cm³/mol. The van der Waals surface area contributed by atoms with Crippen molar-refractivity contribution in [2.45, 2.75) is 44.8 Å². The molecule has 0 atom stereocenters. The summed E-state index contributed by atoms with van der Waals surface area (Å²) in [6.07, 6.45) is 9.03. The maximum absolute atomic E-state index is 4.75. The second kappa shape index (κ2) is 4.49. The van der Waals surface area contributed by atoms with Crippen molar-refractivity contribution in [2.24, 2.45) is 0 Å². The van der Waals surface area contributed by atoms with E-state index < -0.39 is 0 Å². The van der Waals surface area contributed by atoms with Gasteiger partial charge in [0.25, 0.3) is 0 Å². The van der Waals surface area contributed by atoms with Crippen LogP contribution in [-0.2, 0) is 13.1 Å². The summed E-state index contributed by atoms with van der Waals surface area (Å²) in [6, 6.07) is 2.83. The Morgan fingerprint density at radius 3 is 3.05 bits per heavy atom. The molecule has 5 heteroatoms. The quantitative estimate of drug-likeness (QED) is 0.894. The second-order valence-electron chi connectivity index (χ2n) is 5.52. The molecule has 0 aromatic carbocycles. The molecule has 1 saturated carbocycles. The first-order chi connectivity index (χ1) is 9.42. The Kier molecular flexibility index (Phi) is 2.65. The summed E-state index contributed by atoms with van der Waals surface area (Å²) in [5.41, 5.74) is 2.30. The van der Waals surface area contributed by atoms with E-state index in [1.165, 1.54) is 25.0 Å². The zero-order valence-electron chi connectivity index (χ0n) is 11.0. The fourth-order valence-corrected chi connectivity index (χ4v) is 2.94. The first kappa shape index (κ1) is 11.2. The first-order valence-corrected chi connectivity index (χ1v) is 7.22. The van der Waals surface area contributed by atoms with Crippen LogP contribution in [0.1, 0.15) is 37.4 Å². The molecule has 2 aromatic heterocycles. The van der Waals surface area contributed by atoms with Gasteiger partial charge in [0.05, 0.1) is 5.69 Å². The number of hydrogen-bond donors (Lipinski definition) is 1. The van der Waals surface area contributed by atoms with Gasteiger partial charge in [-0.15, -0.1) is 0 Å². The minimum Gasteiger partial charge on any atom is -0.327 e. The topological polar surface area (TPSA) is 47.7 Å². The second-order valence-corrected chi connectivity index (χ2v) is 5.52. The summed E-state index contributed by atoms with van der Waals surface area (Å²) in [5, 5.41) is 8.18. The molecule has 0 bridgehead atoms. The molecule has 1 aliphatic carbocycles. The van der Waals surface area contributed by atoms with Crippen LogP contribution in [0.25, 0.3) is 11.5 Å². The van der Waals surface area contributed by atoms with Gasteiger partial charge in [0.15, 0.2) is 5.82 Å². The SMILES string of the molecule is c1cn(C2CCC2)c(-c2cc3n(n2)CCCNC3)n1. The molecule has 19 heavy (non-hydrogen) atoms. The largest absolute Gasteiger partial charge is 0.327 e. The number of fused-ring (bicyclic) bond motifs is 1. The normalized spacial score (nSPS) is 19.8. The van der Waals surface area contributed by atoms with E-state index in [9.17, 15) is 0 Å². The van der Waals surface area contributed by atoms with E-state index in [1.807, 2.05) is 6.20 Å². The van der Waals surface area contributed by atoms with Crippen LogP contribution < -0.4 is 5.32 Å². The molecule has 1 aliphatic heterocycles. The Bertz CT molecular complexity index is 555. The lowest BCUT2D eigenvalue weighted by atomic mass is 9.93. The molecule has 2 aromatic rings. The van der Waals surface area contributed by atoms with Crippen molar-refractivity contribution in [2.75, 3.05) is 6.54 Å². The van der Waals surface area contributed by atoms with Crippen molar-refractivity contribution in [1.29, 1.82) is 0 Å². The number of imidazole rings is 1. The molecule has 1 fully saturated rings. The minimum absolute atomic E-state index is 0.636. The average Bonchev–Trinajstić information content (AvgIpc) is 2.90. The molecule has 0 spiro atoms. The van der Waals surface area contributed by atoms with E-state index in [-0.39, 0.29) is 0 Å². The highest BCUT2D eigenvalue weighted by atomic mass is 15.3. The van der Waals surface area contributed by atoms with Crippen molar-refractivity contribution < 1.29 is 0 Å². The van der Waals surface area contributed by atoms with Gasteiger partial charge in [-0.3, -0.25) is 4.68 Å². The number of aryl methyl sites for hydroxylation is 1. The van der Waals surface area contributed by atoms with Crippen molar-refractivity contribution in [3.63, 3.8) is 0 Å². The van der Waals surface area contributed by atoms with Gasteiger partial charge in [-0.05, 0) is 38.3 Å². The summed E-state index contributed by atoms with van der Waals surface area (Å²) in [6.45, 7) is 3.00. The third-order valence-corrected chi connectivity index (χ3v) is 4.26. The summed E-state index contributed by atoms with van der Waals surface area (Å²) in [4.78, 5) is 4.52. The molecule has 0 radical (unpaired) electrons. The molecular weight excluding hydrogens is 238 g/mol. The van der Waals surface area contributed by atoms with Crippen molar-refractivity contribution in [3.05, 3.63) is 24.2 Å². The Balaban J connectivity index is 1.70. The van der Waals surface area contributed by atoms with Crippen LogP contribution in [0.5, 0.6) is 0 Å². The summed E-state index contributed by atoms with van der Waals surface area (Å²) < 4.78 is 4.44. The molecule has 0 unspecified atom stereocenters. The van der Waals surface area contributed by atoms with E-state index in [0.717, 1.165) is 37.6 Å². The van der Waals surface area contributed by atoms with E-state index in [1.54, 1.807) is 0 Å². The lowest BCUT2D eigenvalue weighted by Crippen LogP contribution is -2.17. The molecule has 3 heterocycles. The molecule has 4 rings (SSSR count). The maximum Gasteiger partial charge on any atom is 0.160 e. The van der Waals surface area contributed by atoms with Gasteiger partial charge in [-0.1, -0.05) is 0 Å².